The largest absolute Gasteiger partial charge is 0.416 e. The summed E-state index contributed by atoms with van der Waals surface area (Å²) < 4.78 is 2.42. The lowest BCUT2D eigenvalue weighted by Crippen LogP contribution is -2.43. The highest BCUT2D eigenvalue weighted by molar-refractivity contribution is 5.63. The van der Waals surface area contributed by atoms with E-state index >= 15 is 0 Å². The molecule has 8 heteroatoms. The molecule has 0 aliphatic carbocycles. The van der Waals surface area contributed by atoms with Crippen LogP contribution in [0.15, 0.2) is 46.5 Å². The molecule has 0 saturated heterocycles. The van der Waals surface area contributed by atoms with E-state index in [2.05, 4.69) is 28.2 Å². The molecule has 8 nitrogen and oxygen atoms in total. The standard InChI is InChI=1S/C14H15N5O2.CH4O/c1-5-7-9(6-2)8-10-15-11-12(19(4)17-10)16-14(21)18(3)13(11)20;1-2/h5-7H,1-2,8H2,3-4H3;2H,1H3/p+1/b9-7+;. The van der Waals surface area contributed by atoms with Gasteiger partial charge in [0.25, 0.3) is 5.56 Å². The summed E-state index contributed by atoms with van der Waals surface area (Å²) in [7, 11) is 4.04. The number of hydrogen-bond acceptors (Lipinski definition) is 5. The Morgan fingerprint density at radius 3 is 2.61 bits per heavy atom. The van der Waals surface area contributed by atoms with Gasteiger partial charge in [-0.2, -0.15) is 4.98 Å². The lowest BCUT2D eigenvalue weighted by molar-refractivity contribution is -0.708. The Labute approximate surface area is 132 Å². The van der Waals surface area contributed by atoms with E-state index in [0.717, 1.165) is 17.3 Å². The molecule has 0 saturated carbocycles. The fraction of sp³-hybridized carbons (Fsp3) is 0.267. The molecule has 122 valence electrons. The predicted octanol–water partition coefficient (Wildman–Crippen LogP) is -0.709. The van der Waals surface area contributed by atoms with Crippen molar-refractivity contribution in [3.05, 3.63) is 63.6 Å². The highest BCUT2D eigenvalue weighted by atomic mass is 16.2. The average molecular weight is 318 g/mol. The van der Waals surface area contributed by atoms with Gasteiger partial charge < -0.3 is 5.11 Å². The van der Waals surface area contributed by atoms with Gasteiger partial charge in [-0.3, -0.25) is 4.79 Å². The third-order valence-corrected chi connectivity index (χ3v) is 3.05. The molecule has 0 fully saturated rings. The van der Waals surface area contributed by atoms with Gasteiger partial charge in [-0.05, 0) is 5.57 Å². The molecule has 23 heavy (non-hydrogen) atoms. The number of H-pyrrole nitrogens is 1. The first kappa shape index (κ1) is 18.2. The van der Waals surface area contributed by atoms with Crippen molar-refractivity contribution in [3.63, 3.8) is 0 Å². The van der Waals surface area contributed by atoms with E-state index in [1.807, 2.05) is 0 Å². The fourth-order valence-corrected chi connectivity index (χ4v) is 1.91. The smallest absolute Gasteiger partial charge is 0.400 e. The van der Waals surface area contributed by atoms with Crippen molar-refractivity contribution in [2.45, 2.75) is 6.42 Å². The Morgan fingerprint density at radius 2 is 2.04 bits per heavy atom. The zero-order valence-electron chi connectivity index (χ0n) is 13.4. The summed E-state index contributed by atoms with van der Waals surface area (Å²) in [6.45, 7) is 7.34. The van der Waals surface area contributed by atoms with E-state index < -0.39 is 11.2 Å². The van der Waals surface area contributed by atoms with Gasteiger partial charge in [0.1, 0.15) is 7.05 Å². The highest BCUT2D eigenvalue weighted by Gasteiger charge is 2.17. The number of nitrogens with one attached hydrogen (secondary N) is 1. The van der Waals surface area contributed by atoms with Crippen LogP contribution in [0.3, 0.4) is 0 Å². The molecule has 0 unspecified atom stereocenters. The van der Waals surface area contributed by atoms with Gasteiger partial charge in [0.15, 0.2) is 5.82 Å². The maximum Gasteiger partial charge on any atom is 0.416 e. The van der Waals surface area contributed by atoms with Crippen LogP contribution in [0.2, 0.25) is 0 Å². The van der Waals surface area contributed by atoms with Gasteiger partial charge >= 0.3 is 11.3 Å². The van der Waals surface area contributed by atoms with Gasteiger partial charge in [-0.25, -0.2) is 14.3 Å². The molecular formula is C15H20N5O3+. The second-order valence-corrected chi connectivity index (χ2v) is 4.50. The average Bonchev–Trinajstić information content (AvgIpc) is 2.55. The lowest BCUT2D eigenvalue weighted by atomic mass is 10.1. The number of aliphatic hydroxyl groups is 1. The fourth-order valence-electron chi connectivity index (χ4n) is 1.91. The number of allylic oxidation sites excluding steroid dienone is 4. The lowest BCUT2D eigenvalue weighted by Gasteiger charge is -2.02. The van der Waals surface area contributed by atoms with Gasteiger partial charge in [-0.1, -0.05) is 36.5 Å². The number of aryl methyl sites for hydroxylation is 1. The van der Waals surface area contributed by atoms with Crippen LogP contribution in [-0.2, 0) is 20.5 Å². The van der Waals surface area contributed by atoms with E-state index in [1.165, 1.54) is 11.7 Å². The third kappa shape index (κ3) is 3.86. The molecule has 2 N–H and O–H groups in total. The SMILES string of the molecule is C=C/C=C(\C=C)Cc1nc2c(=O)n(C)c(=O)[nH]c2[n+](C)n1.CO. The molecular weight excluding hydrogens is 298 g/mol. The van der Waals surface area contributed by atoms with E-state index in [9.17, 15) is 9.59 Å². The van der Waals surface area contributed by atoms with Crippen LogP contribution in [0.1, 0.15) is 5.82 Å². The number of rotatable bonds is 4. The molecule has 0 bridgehead atoms. The van der Waals surface area contributed by atoms with Crippen LogP contribution in [0.4, 0.5) is 0 Å². The molecule has 2 aromatic heterocycles. The number of hydrogen-bond donors (Lipinski definition) is 2. The maximum atomic E-state index is 12.1. The van der Waals surface area contributed by atoms with Crippen LogP contribution in [0.25, 0.3) is 11.2 Å². The minimum atomic E-state index is -0.502. The third-order valence-electron chi connectivity index (χ3n) is 3.05. The topological polar surface area (TPSA) is 105 Å². The van der Waals surface area contributed by atoms with E-state index in [0.29, 0.717) is 17.9 Å². The summed E-state index contributed by atoms with van der Waals surface area (Å²) in [6, 6.07) is 0. The molecule has 0 aliphatic heterocycles. The maximum absolute atomic E-state index is 12.1. The summed E-state index contributed by atoms with van der Waals surface area (Å²) in [4.78, 5) is 30.6. The minimum Gasteiger partial charge on any atom is -0.400 e. The Bertz CT molecular complexity index is 877. The van der Waals surface area contributed by atoms with Gasteiger partial charge in [0.05, 0.1) is 0 Å². The first-order chi connectivity index (χ1) is 11.0. The Morgan fingerprint density at radius 1 is 1.39 bits per heavy atom. The first-order valence-electron chi connectivity index (χ1n) is 6.73. The van der Waals surface area contributed by atoms with E-state index in [-0.39, 0.29) is 5.52 Å². The normalized spacial score (nSPS) is 10.9. The number of aliphatic hydroxyl groups excluding tert-OH is 1. The van der Waals surface area contributed by atoms with E-state index in [4.69, 9.17) is 5.11 Å². The van der Waals surface area contributed by atoms with Crippen molar-refractivity contribution in [3.8, 4) is 0 Å². The van der Waals surface area contributed by atoms with Crippen molar-refractivity contribution >= 4 is 11.2 Å². The zero-order valence-corrected chi connectivity index (χ0v) is 13.4. The molecule has 0 atom stereocenters. The zero-order chi connectivity index (χ0) is 17.6. The predicted molar refractivity (Wildman–Crippen MR) is 86.9 cm³/mol. The number of aromatic amines is 1. The van der Waals surface area contributed by atoms with Crippen LogP contribution < -0.4 is 15.9 Å². The molecule has 0 amide bonds. The van der Waals surface area contributed by atoms with Gasteiger partial charge in [0.2, 0.25) is 5.52 Å². The van der Waals surface area contributed by atoms with Gasteiger partial charge in [-0.15, -0.1) is 4.68 Å². The molecule has 2 rings (SSSR count). The summed E-state index contributed by atoms with van der Waals surface area (Å²) in [5, 5.41) is 11.2. The molecule has 0 radical (unpaired) electrons. The minimum absolute atomic E-state index is 0.173. The summed E-state index contributed by atoms with van der Waals surface area (Å²) >= 11 is 0. The van der Waals surface area contributed by atoms with Crippen molar-refractivity contribution in [1.29, 1.82) is 0 Å². The molecule has 2 heterocycles. The molecule has 2 aromatic rings. The monoisotopic (exact) mass is 318 g/mol. The van der Waals surface area contributed by atoms with Crippen molar-refractivity contribution in [1.82, 2.24) is 19.6 Å². The molecule has 0 spiro atoms. The Kier molecular flexibility index (Phi) is 6.28. The summed E-state index contributed by atoms with van der Waals surface area (Å²) in [5.74, 6) is 0.460. The second-order valence-electron chi connectivity index (χ2n) is 4.50. The van der Waals surface area contributed by atoms with Crippen LogP contribution in [0.5, 0.6) is 0 Å². The number of aromatic nitrogens is 5. The molecule has 0 aromatic carbocycles. The first-order valence-corrected chi connectivity index (χ1v) is 6.73. The van der Waals surface area contributed by atoms with Crippen LogP contribution >= 0.6 is 0 Å². The Balaban J connectivity index is 0.00000127. The highest BCUT2D eigenvalue weighted by Crippen LogP contribution is 2.05. The second kappa shape index (κ2) is 7.95. The van der Waals surface area contributed by atoms with Crippen molar-refractivity contribution < 1.29 is 9.79 Å². The summed E-state index contributed by atoms with van der Waals surface area (Å²) in [6.07, 6.45) is 5.54. The van der Waals surface area contributed by atoms with Crippen LogP contribution in [-0.4, -0.2) is 31.9 Å². The number of nitrogens with zero attached hydrogens (tertiary/aromatic N) is 4. The molecule has 0 aliphatic rings. The number of fused-ring (bicyclic) bond motifs is 1. The van der Waals surface area contributed by atoms with Crippen molar-refractivity contribution in [2.24, 2.45) is 14.1 Å². The quantitative estimate of drug-likeness (QED) is 0.572. The van der Waals surface area contributed by atoms with E-state index in [1.54, 1.807) is 25.3 Å². The Hall–Kier alpha value is -2.87. The summed E-state index contributed by atoms with van der Waals surface area (Å²) in [5.41, 5.74) is 0.385. The van der Waals surface area contributed by atoms with Crippen molar-refractivity contribution in [2.75, 3.05) is 7.11 Å². The van der Waals surface area contributed by atoms with Crippen LogP contribution in [0, 0.1) is 0 Å². The van der Waals surface area contributed by atoms with Gasteiger partial charge in [0, 0.05) is 20.6 Å².